The molecule has 1 unspecified atom stereocenters. The molecule has 1 aliphatic rings. The molecule has 3 rings (SSSR count). The summed E-state index contributed by atoms with van der Waals surface area (Å²) >= 11 is 0. The first-order chi connectivity index (χ1) is 9.72. The van der Waals surface area contributed by atoms with E-state index in [1.807, 2.05) is 22.7 Å². The fourth-order valence-electron chi connectivity index (χ4n) is 2.97. The Morgan fingerprint density at radius 1 is 1.40 bits per heavy atom. The number of carbonyl (C=O) groups is 1. The molecule has 3 heterocycles. The van der Waals surface area contributed by atoms with Crippen molar-refractivity contribution >= 4 is 11.5 Å². The van der Waals surface area contributed by atoms with Crippen molar-refractivity contribution in [3.8, 4) is 0 Å². The van der Waals surface area contributed by atoms with E-state index in [4.69, 9.17) is 4.74 Å². The molecule has 20 heavy (non-hydrogen) atoms. The summed E-state index contributed by atoms with van der Waals surface area (Å²) in [6.45, 7) is 1.07. The number of likely N-dealkylation sites (tertiary alicyclic amines) is 1. The molecule has 1 aliphatic heterocycles. The van der Waals surface area contributed by atoms with Crippen molar-refractivity contribution in [1.82, 2.24) is 14.3 Å². The number of rotatable bonds is 2. The smallest absolute Gasteiger partial charge is 0.355 e. The maximum absolute atomic E-state index is 12.0. The van der Waals surface area contributed by atoms with Crippen LogP contribution in [0.15, 0.2) is 24.4 Å². The predicted octanol–water partition coefficient (Wildman–Crippen LogP) is 2.28. The van der Waals surface area contributed by atoms with Gasteiger partial charge in [-0.2, -0.15) is 0 Å². The zero-order valence-corrected chi connectivity index (χ0v) is 11.9. The van der Waals surface area contributed by atoms with Gasteiger partial charge < -0.3 is 4.74 Å². The van der Waals surface area contributed by atoms with Gasteiger partial charge in [0.05, 0.1) is 24.9 Å². The second-order valence-electron chi connectivity index (χ2n) is 5.27. The molecule has 1 fully saturated rings. The standard InChI is InChI=1S/C15H19N3O2/c1-17-9-4-3-7-12(17)14-16-10-11-6-5-8-13(18(11)14)15(19)20-2/h5-6,8,10,12H,3-4,7,9H2,1-2H3. The Morgan fingerprint density at radius 2 is 2.25 bits per heavy atom. The number of esters is 1. The third kappa shape index (κ3) is 2.08. The molecule has 0 N–H and O–H groups in total. The van der Waals surface area contributed by atoms with Crippen LogP contribution < -0.4 is 0 Å². The van der Waals surface area contributed by atoms with Crippen LogP contribution in [0.25, 0.3) is 5.52 Å². The van der Waals surface area contributed by atoms with Gasteiger partial charge in [0.25, 0.3) is 0 Å². The highest BCUT2D eigenvalue weighted by atomic mass is 16.5. The van der Waals surface area contributed by atoms with Crippen LogP contribution in [0.5, 0.6) is 0 Å². The lowest BCUT2D eigenvalue weighted by Gasteiger charge is -2.31. The molecule has 5 nitrogen and oxygen atoms in total. The van der Waals surface area contributed by atoms with E-state index in [0.717, 1.165) is 24.3 Å². The quantitative estimate of drug-likeness (QED) is 0.788. The van der Waals surface area contributed by atoms with E-state index in [9.17, 15) is 4.79 Å². The van der Waals surface area contributed by atoms with Crippen molar-refractivity contribution in [2.45, 2.75) is 25.3 Å². The molecule has 0 aliphatic carbocycles. The van der Waals surface area contributed by atoms with Gasteiger partial charge in [0, 0.05) is 0 Å². The zero-order chi connectivity index (χ0) is 14.1. The predicted molar refractivity (Wildman–Crippen MR) is 75.8 cm³/mol. The topological polar surface area (TPSA) is 46.8 Å². The molecule has 1 saturated heterocycles. The van der Waals surface area contributed by atoms with Gasteiger partial charge in [-0.25, -0.2) is 9.78 Å². The molecule has 2 aromatic heterocycles. The molecule has 5 heteroatoms. The zero-order valence-electron chi connectivity index (χ0n) is 11.9. The molecule has 106 valence electrons. The lowest BCUT2D eigenvalue weighted by Crippen LogP contribution is -2.31. The minimum absolute atomic E-state index is 0.261. The van der Waals surface area contributed by atoms with Crippen LogP contribution in [-0.4, -0.2) is 41.0 Å². The minimum Gasteiger partial charge on any atom is -0.464 e. The number of fused-ring (bicyclic) bond motifs is 1. The minimum atomic E-state index is -0.326. The number of nitrogens with zero attached hydrogens (tertiary/aromatic N) is 3. The summed E-state index contributed by atoms with van der Waals surface area (Å²) in [4.78, 5) is 18.8. The van der Waals surface area contributed by atoms with Crippen molar-refractivity contribution in [2.24, 2.45) is 0 Å². The Kier molecular flexibility index (Phi) is 3.44. The van der Waals surface area contributed by atoms with Crippen LogP contribution in [0.3, 0.4) is 0 Å². The van der Waals surface area contributed by atoms with Gasteiger partial charge in [-0.3, -0.25) is 9.30 Å². The number of ether oxygens (including phenoxy) is 1. The van der Waals surface area contributed by atoms with Crippen LogP contribution in [-0.2, 0) is 4.74 Å². The molecule has 0 amide bonds. The fraction of sp³-hybridized carbons (Fsp3) is 0.467. The van der Waals surface area contributed by atoms with Gasteiger partial charge in [0.15, 0.2) is 0 Å². The van der Waals surface area contributed by atoms with Crippen molar-refractivity contribution in [2.75, 3.05) is 20.7 Å². The normalized spacial score (nSPS) is 20.2. The highest BCUT2D eigenvalue weighted by molar-refractivity contribution is 5.88. The number of carbonyl (C=O) groups excluding carboxylic acids is 1. The van der Waals surface area contributed by atoms with Crippen molar-refractivity contribution < 1.29 is 9.53 Å². The first-order valence-corrected chi connectivity index (χ1v) is 6.97. The second kappa shape index (κ2) is 5.25. The lowest BCUT2D eigenvalue weighted by molar-refractivity contribution is 0.0591. The average molecular weight is 273 g/mol. The molecule has 2 aromatic rings. The van der Waals surface area contributed by atoms with E-state index in [2.05, 4.69) is 16.9 Å². The van der Waals surface area contributed by atoms with Gasteiger partial charge >= 0.3 is 5.97 Å². The summed E-state index contributed by atoms with van der Waals surface area (Å²) < 4.78 is 6.81. The van der Waals surface area contributed by atoms with Crippen LogP contribution in [0.1, 0.15) is 41.6 Å². The number of methoxy groups -OCH3 is 1. The van der Waals surface area contributed by atoms with Crippen molar-refractivity contribution in [1.29, 1.82) is 0 Å². The van der Waals surface area contributed by atoms with Gasteiger partial charge in [-0.05, 0) is 38.6 Å². The SMILES string of the molecule is COC(=O)c1cccc2cnc(C3CCCCN3C)n12. The first kappa shape index (κ1) is 13.1. The summed E-state index contributed by atoms with van der Waals surface area (Å²) in [7, 11) is 3.52. The number of imidazole rings is 1. The maximum Gasteiger partial charge on any atom is 0.355 e. The molecular weight excluding hydrogens is 254 g/mol. The van der Waals surface area contributed by atoms with E-state index in [1.165, 1.54) is 20.0 Å². The average Bonchev–Trinajstić information content (AvgIpc) is 2.91. The first-order valence-electron chi connectivity index (χ1n) is 6.97. The van der Waals surface area contributed by atoms with Crippen molar-refractivity contribution in [3.63, 3.8) is 0 Å². The van der Waals surface area contributed by atoms with Gasteiger partial charge in [0.2, 0.25) is 0 Å². The van der Waals surface area contributed by atoms with Gasteiger partial charge in [-0.15, -0.1) is 0 Å². The molecule has 0 aromatic carbocycles. The number of piperidine rings is 1. The summed E-state index contributed by atoms with van der Waals surface area (Å²) in [6.07, 6.45) is 5.32. The number of aromatic nitrogens is 2. The summed E-state index contributed by atoms with van der Waals surface area (Å²) in [5.74, 6) is 0.608. The molecule has 1 atom stereocenters. The van der Waals surface area contributed by atoms with Gasteiger partial charge in [-0.1, -0.05) is 12.5 Å². The largest absolute Gasteiger partial charge is 0.464 e. The Hall–Kier alpha value is -1.88. The highest BCUT2D eigenvalue weighted by Gasteiger charge is 2.26. The molecule has 0 saturated carbocycles. The lowest BCUT2D eigenvalue weighted by atomic mass is 10.0. The van der Waals surface area contributed by atoms with Crippen LogP contribution in [0, 0.1) is 0 Å². The van der Waals surface area contributed by atoms with E-state index in [1.54, 1.807) is 6.07 Å². The van der Waals surface area contributed by atoms with Crippen LogP contribution >= 0.6 is 0 Å². The molecule has 0 spiro atoms. The van der Waals surface area contributed by atoms with E-state index in [0.29, 0.717) is 5.69 Å². The van der Waals surface area contributed by atoms with Crippen LogP contribution in [0.4, 0.5) is 0 Å². The third-order valence-corrected chi connectivity index (χ3v) is 4.04. The summed E-state index contributed by atoms with van der Waals surface area (Å²) in [5, 5.41) is 0. The Balaban J connectivity index is 2.13. The molecular formula is C15H19N3O2. The Morgan fingerprint density at radius 3 is 3.00 bits per heavy atom. The van der Waals surface area contributed by atoms with E-state index >= 15 is 0 Å². The van der Waals surface area contributed by atoms with Crippen molar-refractivity contribution in [3.05, 3.63) is 35.9 Å². The van der Waals surface area contributed by atoms with Crippen LogP contribution in [0.2, 0.25) is 0 Å². The van der Waals surface area contributed by atoms with E-state index in [-0.39, 0.29) is 12.0 Å². The Labute approximate surface area is 118 Å². The Bertz CT molecular complexity index is 635. The van der Waals surface area contributed by atoms with E-state index < -0.39 is 0 Å². The monoisotopic (exact) mass is 273 g/mol. The summed E-state index contributed by atoms with van der Waals surface area (Å²) in [5.41, 5.74) is 1.47. The molecule has 0 radical (unpaired) electrons. The number of pyridine rings is 1. The molecule has 0 bridgehead atoms. The van der Waals surface area contributed by atoms with Gasteiger partial charge in [0.1, 0.15) is 11.5 Å². The highest BCUT2D eigenvalue weighted by Crippen LogP contribution is 2.29. The third-order valence-electron chi connectivity index (χ3n) is 4.04. The second-order valence-corrected chi connectivity index (χ2v) is 5.27. The fourth-order valence-corrected chi connectivity index (χ4v) is 2.97. The summed E-state index contributed by atoms with van der Waals surface area (Å²) in [6, 6.07) is 5.87. The number of hydrogen-bond donors (Lipinski definition) is 0. The maximum atomic E-state index is 12.0. The number of hydrogen-bond acceptors (Lipinski definition) is 4.